The Hall–Kier alpha value is -1.26. The first-order chi connectivity index (χ1) is 10.1. The summed E-state index contributed by atoms with van der Waals surface area (Å²) in [6.45, 7) is 5.20. The van der Waals surface area contributed by atoms with Crippen LogP contribution in [0, 0.1) is 6.92 Å². The molecule has 0 aromatic heterocycles. The van der Waals surface area contributed by atoms with Crippen molar-refractivity contribution in [1.82, 2.24) is 5.32 Å². The molecule has 1 saturated heterocycles. The van der Waals surface area contributed by atoms with Gasteiger partial charge in [-0.05, 0) is 43.9 Å². The number of carbonyl (C=O) groups excluding carboxylic acids is 1. The molecule has 0 radical (unpaired) electrons. The molecular formula is C16H22ClNO3. The van der Waals surface area contributed by atoms with E-state index in [4.69, 9.17) is 21.1 Å². The number of hydrogen-bond donors (Lipinski definition) is 1. The maximum absolute atomic E-state index is 12.2. The highest BCUT2D eigenvalue weighted by atomic mass is 35.5. The van der Waals surface area contributed by atoms with Gasteiger partial charge in [-0.25, -0.2) is 0 Å². The van der Waals surface area contributed by atoms with Gasteiger partial charge in [0, 0.05) is 13.2 Å². The minimum Gasteiger partial charge on any atom is -0.479 e. The predicted molar refractivity (Wildman–Crippen MR) is 82.9 cm³/mol. The average molecular weight is 312 g/mol. The van der Waals surface area contributed by atoms with Gasteiger partial charge in [0.25, 0.3) is 5.91 Å². The zero-order chi connectivity index (χ0) is 15.2. The molecule has 0 spiro atoms. The van der Waals surface area contributed by atoms with Crippen LogP contribution in [0.3, 0.4) is 0 Å². The van der Waals surface area contributed by atoms with Crippen molar-refractivity contribution in [3.05, 3.63) is 28.8 Å². The van der Waals surface area contributed by atoms with Gasteiger partial charge in [0.1, 0.15) is 5.75 Å². The Bertz CT molecular complexity index is 486. The predicted octanol–water partition coefficient (Wildman–Crippen LogP) is 3.10. The highest BCUT2D eigenvalue weighted by Crippen LogP contribution is 2.26. The minimum absolute atomic E-state index is 0.120. The molecule has 0 aliphatic carbocycles. The molecule has 21 heavy (non-hydrogen) atoms. The van der Waals surface area contributed by atoms with Crippen LogP contribution in [0.4, 0.5) is 0 Å². The second-order valence-electron chi connectivity index (χ2n) is 5.33. The normalized spacial score (nSPS) is 19.3. The summed E-state index contributed by atoms with van der Waals surface area (Å²) in [6, 6.07) is 5.54. The zero-order valence-electron chi connectivity index (χ0n) is 12.5. The third kappa shape index (κ3) is 4.61. The van der Waals surface area contributed by atoms with Crippen molar-refractivity contribution < 1.29 is 14.3 Å². The molecule has 1 aromatic carbocycles. The Kier molecular flexibility index (Phi) is 5.88. The van der Waals surface area contributed by atoms with E-state index in [9.17, 15) is 4.79 Å². The second-order valence-corrected chi connectivity index (χ2v) is 5.74. The van der Waals surface area contributed by atoms with Crippen molar-refractivity contribution in [1.29, 1.82) is 0 Å². The first kappa shape index (κ1) is 16.1. The molecule has 1 heterocycles. The van der Waals surface area contributed by atoms with Crippen LogP contribution in [-0.4, -0.2) is 31.3 Å². The van der Waals surface area contributed by atoms with Crippen LogP contribution in [0.15, 0.2) is 18.2 Å². The van der Waals surface area contributed by atoms with E-state index in [1.807, 2.05) is 26.0 Å². The van der Waals surface area contributed by atoms with Gasteiger partial charge < -0.3 is 14.8 Å². The number of carbonyl (C=O) groups is 1. The largest absolute Gasteiger partial charge is 0.479 e. The van der Waals surface area contributed by atoms with Crippen molar-refractivity contribution in [2.24, 2.45) is 0 Å². The van der Waals surface area contributed by atoms with E-state index in [2.05, 4.69) is 5.32 Å². The minimum atomic E-state index is -0.536. The maximum Gasteiger partial charge on any atom is 0.261 e. The van der Waals surface area contributed by atoms with Gasteiger partial charge in [-0.3, -0.25) is 4.79 Å². The van der Waals surface area contributed by atoms with Crippen molar-refractivity contribution in [3.63, 3.8) is 0 Å². The number of ether oxygens (including phenoxy) is 2. The molecule has 2 rings (SSSR count). The van der Waals surface area contributed by atoms with Crippen LogP contribution < -0.4 is 10.1 Å². The van der Waals surface area contributed by atoms with E-state index in [1.165, 1.54) is 0 Å². The molecule has 0 saturated carbocycles. The molecule has 1 N–H and O–H groups in total. The summed E-state index contributed by atoms with van der Waals surface area (Å²) < 4.78 is 11.3. The molecule has 2 unspecified atom stereocenters. The van der Waals surface area contributed by atoms with Crippen LogP contribution in [0.25, 0.3) is 0 Å². The number of aryl methyl sites for hydroxylation is 1. The lowest BCUT2D eigenvalue weighted by Crippen LogP contribution is -2.41. The van der Waals surface area contributed by atoms with Gasteiger partial charge in [0.15, 0.2) is 6.10 Å². The first-order valence-electron chi connectivity index (χ1n) is 7.42. The van der Waals surface area contributed by atoms with Gasteiger partial charge in [0.2, 0.25) is 0 Å². The summed E-state index contributed by atoms with van der Waals surface area (Å²) in [6.07, 6.45) is 2.25. The number of nitrogens with one attached hydrogen (secondary N) is 1. The van der Waals surface area contributed by atoms with Gasteiger partial charge in [0.05, 0.1) is 11.1 Å². The summed E-state index contributed by atoms with van der Waals surface area (Å²) in [5, 5.41) is 3.42. The Morgan fingerprint density at radius 2 is 2.38 bits per heavy atom. The molecule has 5 heteroatoms. The summed E-state index contributed by atoms with van der Waals surface area (Å²) in [4.78, 5) is 12.2. The number of rotatable bonds is 6. The van der Waals surface area contributed by atoms with Crippen molar-refractivity contribution in [2.75, 3.05) is 13.2 Å². The molecule has 116 valence electrons. The summed E-state index contributed by atoms with van der Waals surface area (Å²) in [7, 11) is 0. The molecule has 4 nitrogen and oxygen atoms in total. The Morgan fingerprint density at radius 1 is 1.57 bits per heavy atom. The summed E-state index contributed by atoms with van der Waals surface area (Å²) >= 11 is 6.11. The highest BCUT2D eigenvalue weighted by Gasteiger charge is 2.22. The highest BCUT2D eigenvalue weighted by molar-refractivity contribution is 6.32. The second kappa shape index (κ2) is 7.66. The molecule has 1 amide bonds. The number of amides is 1. The topological polar surface area (TPSA) is 47.6 Å². The lowest BCUT2D eigenvalue weighted by atomic mass is 10.2. The fourth-order valence-corrected chi connectivity index (χ4v) is 2.47. The Balaban J connectivity index is 1.91. The van der Waals surface area contributed by atoms with E-state index in [0.717, 1.165) is 25.0 Å². The fraction of sp³-hybridized carbons (Fsp3) is 0.562. The van der Waals surface area contributed by atoms with Crippen molar-refractivity contribution in [3.8, 4) is 5.75 Å². The third-order valence-corrected chi connectivity index (χ3v) is 3.86. The van der Waals surface area contributed by atoms with Crippen LogP contribution in [0.1, 0.15) is 31.7 Å². The molecular weight excluding hydrogens is 290 g/mol. The molecule has 2 atom stereocenters. The lowest BCUT2D eigenvalue weighted by Gasteiger charge is -2.19. The Morgan fingerprint density at radius 3 is 3.05 bits per heavy atom. The Labute approximate surface area is 130 Å². The molecule has 0 bridgehead atoms. The molecule has 1 aliphatic heterocycles. The van der Waals surface area contributed by atoms with Gasteiger partial charge in [-0.2, -0.15) is 0 Å². The van der Waals surface area contributed by atoms with Crippen LogP contribution in [0.5, 0.6) is 5.75 Å². The lowest BCUT2D eigenvalue weighted by molar-refractivity contribution is -0.128. The number of hydrogen-bond acceptors (Lipinski definition) is 3. The van der Waals surface area contributed by atoms with E-state index >= 15 is 0 Å². The van der Waals surface area contributed by atoms with Crippen LogP contribution >= 0.6 is 11.6 Å². The average Bonchev–Trinajstić information content (AvgIpc) is 2.99. The zero-order valence-corrected chi connectivity index (χ0v) is 13.3. The molecule has 1 aromatic rings. The molecule has 1 aliphatic rings. The van der Waals surface area contributed by atoms with E-state index in [-0.39, 0.29) is 12.0 Å². The monoisotopic (exact) mass is 311 g/mol. The SMILES string of the molecule is CCC(Oc1cc(C)ccc1Cl)C(=O)NCC1CCCO1. The maximum atomic E-state index is 12.2. The van der Waals surface area contributed by atoms with Crippen LogP contribution in [0.2, 0.25) is 5.02 Å². The van der Waals surface area contributed by atoms with Crippen LogP contribution in [-0.2, 0) is 9.53 Å². The van der Waals surface area contributed by atoms with Crippen molar-refractivity contribution >= 4 is 17.5 Å². The summed E-state index contributed by atoms with van der Waals surface area (Å²) in [5.41, 5.74) is 1.05. The summed E-state index contributed by atoms with van der Waals surface area (Å²) in [5.74, 6) is 0.432. The van der Waals surface area contributed by atoms with Gasteiger partial charge >= 0.3 is 0 Å². The van der Waals surface area contributed by atoms with E-state index in [1.54, 1.807) is 6.07 Å². The number of halogens is 1. The van der Waals surface area contributed by atoms with E-state index < -0.39 is 6.10 Å². The molecule has 1 fully saturated rings. The van der Waals surface area contributed by atoms with Gasteiger partial charge in [-0.15, -0.1) is 0 Å². The quantitative estimate of drug-likeness (QED) is 0.878. The third-order valence-electron chi connectivity index (χ3n) is 3.55. The smallest absolute Gasteiger partial charge is 0.261 e. The standard InChI is InChI=1S/C16H22ClNO3/c1-3-14(16(19)18-10-12-5-4-8-20-12)21-15-9-11(2)6-7-13(15)17/h6-7,9,12,14H,3-5,8,10H2,1-2H3,(H,18,19). The first-order valence-corrected chi connectivity index (χ1v) is 7.80. The van der Waals surface area contributed by atoms with Crippen molar-refractivity contribution in [2.45, 2.75) is 45.3 Å². The van der Waals surface area contributed by atoms with Gasteiger partial charge in [-0.1, -0.05) is 24.6 Å². The van der Waals surface area contributed by atoms with E-state index in [0.29, 0.717) is 23.7 Å². The fourth-order valence-electron chi connectivity index (χ4n) is 2.31. The number of benzene rings is 1.